The molecule has 2 N–H and O–H groups in total. The lowest BCUT2D eigenvalue weighted by atomic mass is 10.1. The van der Waals surface area contributed by atoms with Crippen LogP contribution in [0.2, 0.25) is 0 Å². The van der Waals surface area contributed by atoms with E-state index in [4.69, 9.17) is 0 Å². The fourth-order valence-corrected chi connectivity index (χ4v) is 3.12. The highest BCUT2D eigenvalue weighted by atomic mass is 16.2. The first-order valence-corrected chi connectivity index (χ1v) is 8.92. The highest BCUT2D eigenvalue weighted by Gasteiger charge is 2.27. The number of hydrogen-bond donors (Lipinski definition) is 2. The Labute approximate surface area is 157 Å². The Morgan fingerprint density at radius 2 is 1.93 bits per heavy atom. The summed E-state index contributed by atoms with van der Waals surface area (Å²) in [6.45, 7) is 6.08. The lowest BCUT2D eigenvalue weighted by molar-refractivity contribution is 0.0941. The number of Topliss-reactive ketones (excluding diaryl/α,β-unsaturated/α-hetero) is 1. The number of fused-ring (bicyclic) bond motifs is 1. The van der Waals surface area contributed by atoms with Crippen molar-refractivity contribution in [3.8, 4) is 0 Å². The SMILES string of the molecule is C=CCNC(=O)c1nc(C(=O)Nc2ccc(C(C)=O)cc2)c2n1CCCC2. The number of carbonyl (C=O) groups is 3. The van der Waals surface area contributed by atoms with Gasteiger partial charge in [-0.1, -0.05) is 6.08 Å². The predicted octanol–water partition coefficient (Wildman–Crippen LogP) is 2.59. The van der Waals surface area contributed by atoms with Gasteiger partial charge in [-0.2, -0.15) is 0 Å². The van der Waals surface area contributed by atoms with Crippen LogP contribution in [-0.4, -0.2) is 33.7 Å². The summed E-state index contributed by atoms with van der Waals surface area (Å²) < 4.78 is 1.83. The largest absolute Gasteiger partial charge is 0.346 e. The van der Waals surface area contributed by atoms with E-state index in [2.05, 4.69) is 22.2 Å². The van der Waals surface area contributed by atoms with Gasteiger partial charge in [0.25, 0.3) is 11.8 Å². The van der Waals surface area contributed by atoms with Gasteiger partial charge in [0.05, 0.1) is 5.69 Å². The quantitative estimate of drug-likeness (QED) is 0.607. The van der Waals surface area contributed by atoms with Crippen LogP contribution in [0.25, 0.3) is 0 Å². The summed E-state index contributed by atoms with van der Waals surface area (Å²) in [5, 5.41) is 5.51. The third-order valence-corrected chi connectivity index (χ3v) is 4.49. The first kappa shape index (κ1) is 18.6. The summed E-state index contributed by atoms with van der Waals surface area (Å²) in [6, 6.07) is 6.67. The molecule has 1 aliphatic rings. The molecule has 0 aliphatic carbocycles. The van der Waals surface area contributed by atoms with Gasteiger partial charge < -0.3 is 15.2 Å². The van der Waals surface area contributed by atoms with Crippen LogP contribution in [-0.2, 0) is 13.0 Å². The predicted molar refractivity (Wildman–Crippen MR) is 102 cm³/mol. The van der Waals surface area contributed by atoms with Gasteiger partial charge in [-0.25, -0.2) is 4.98 Å². The van der Waals surface area contributed by atoms with Gasteiger partial charge in [-0.15, -0.1) is 6.58 Å². The Morgan fingerprint density at radius 1 is 1.19 bits per heavy atom. The Morgan fingerprint density at radius 3 is 2.59 bits per heavy atom. The molecular weight excluding hydrogens is 344 g/mol. The van der Waals surface area contributed by atoms with Crippen LogP contribution in [0, 0.1) is 0 Å². The minimum absolute atomic E-state index is 0.0359. The van der Waals surface area contributed by atoms with Gasteiger partial charge >= 0.3 is 0 Å². The highest BCUT2D eigenvalue weighted by Crippen LogP contribution is 2.22. The van der Waals surface area contributed by atoms with Crippen LogP contribution in [0.1, 0.15) is 56.9 Å². The van der Waals surface area contributed by atoms with Gasteiger partial charge in [0.1, 0.15) is 0 Å². The molecule has 0 fully saturated rings. The van der Waals surface area contributed by atoms with Gasteiger partial charge in [0.2, 0.25) is 0 Å². The van der Waals surface area contributed by atoms with Crippen molar-refractivity contribution in [3.63, 3.8) is 0 Å². The van der Waals surface area contributed by atoms with Crippen LogP contribution < -0.4 is 10.6 Å². The number of aromatic nitrogens is 2. The maximum Gasteiger partial charge on any atom is 0.287 e. The van der Waals surface area contributed by atoms with Crippen molar-refractivity contribution in [2.75, 3.05) is 11.9 Å². The monoisotopic (exact) mass is 366 g/mol. The molecule has 27 heavy (non-hydrogen) atoms. The molecule has 2 amide bonds. The zero-order valence-corrected chi connectivity index (χ0v) is 15.2. The summed E-state index contributed by atoms with van der Waals surface area (Å²) in [5.41, 5.74) is 2.20. The second-order valence-corrected chi connectivity index (χ2v) is 6.43. The molecule has 0 unspecified atom stereocenters. The molecule has 0 radical (unpaired) electrons. The van der Waals surface area contributed by atoms with Crippen molar-refractivity contribution < 1.29 is 14.4 Å². The van der Waals surface area contributed by atoms with Crippen molar-refractivity contribution in [2.24, 2.45) is 0 Å². The summed E-state index contributed by atoms with van der Waals surface area (Å²) >= 11 is 0. The van der Waals surface area contributed by atoms with E-state index in [0.717, 1.165) is 18.5 Å². The normalized spacial score (nSPS) is 12.8. The van der Waals surface area contributed by atoms with Crippen LogP contribution in [0.3, 0.4) is 0 Å². The third kappa shape index (κ3) is 3.97. The number of nitrogens with zero attached hydrogens (tertiary/aromatic N) is 2. The van der Waals surface area contributed by atoms with E-state index in [9.17, 15) is 14.4 Å². The van der Waals surface area contributed by atoms with Crippen LogP contribution >= 0.6 is 0 Å². The molecule has 0 atom stereocenters. The van der Waals surface area contributed by atoms with E-state index in [0.29, 0.717) is 30.8 Å². The van der Waals surface area contributed by atoms with Crippen LogP contribution in [0.15, 0.2) is 36.9 Å². The van der Waals surface area contributed by atoms with E-state index in [1.54, 1.807) is 30.3 Å². The summed E-state index contributed by atoms with van der Waals surface area (Å²) in [7, 11) is 0. The molecule has 7 heteroatoms. The molecule has 1 aliphatic heterocycles. The Hall–Kier alpha value is -3.22. The molecule has 2 aromatic rings. The third-order valence-electron chi connectivity index (χ3n) is 4.49. The number of rotatable bonds is 6. The second kappa shape index (κ2) is 7.99. The number of benzene rings is 1. The van der Waals surface area contributed by atoms with E-state index in [1.807, 2.05) is 4.57 Å². The molecule has 1 aromatic carbocycles. The van der Waals surface area contributed by atoms with E-state index in [1.165, 1.54) is 6.92 Å². The fourth-order valence-electron chi connectivity index (χ4n) is 3.12. The van der Waals surface area contributed by atoms with Crippen LogP contribution in [0.4, 0.5) is 5.69 Å². The number of ketones is 1. The van der Waals surface area contributed by atoms with Crippen LogP contribution in [0.5, 0.6) is 0 Å². The second-order valence-electron chi connectivity index (χ2n) is 6.43. The van der Waals surface area contributed by atoms with Gasteiger partial charge in [0, 0.05) is 24.3 Å². The zero-order valence-electron chi connectivity index (χ0n) is 15.2. The average molecular weight is 366 g/mol. The van der Waals surface area contributed by atoms with Gasteiger partial charge in [0.15, 0.2) is 17.3 Å². The number of amides is 2. The van der Waals surface area contributed by atoms with E-state index >= 15 is 0 Å². The number of carbonyl (C=O) groups excluding carboxylic acids is 3. The van der Waals surface area contributed by atoms with Crippen molar-refractivity contribution in [1.29, 1.82) is 0 Å². The summed E-state index contributed by atoms with van der Waals surface area (Å²) in [4.78, 5) is 40.8. The summed E-state index contributed by atoms with van der Waals surface area (Å²) in [5.74, 6) is -0.461. The molecule has 3 rings (SSSR count). The Balaban J connectivity index is 1.85. The minimum Gasteiger partial charge on any atom is -0.346 e. The molecule has 0 bridgehead atoms. The van der Waals surface area contributed by atoms with Crippen molar-refractivity contribution in [1.82, 2.24) is 14.9 Å². The van der Waals surface area contributed by atoms with E-state index < -0.39 is 0 Å². The maximum atomic E-state index is 12.8. The lowest BCUT2D eigenvalue weighted by Crippen LogP contribution is -2.28. The highest BCUT2D eigenvalue weighted by molar-refractivity contribution is 6.05. The van der Waals surface area contributed by atoms with Crippen molar-refractivity contribution in [3.05, 3.63) is 59.7 Å². The first-order chi connectivity index (χ1) is 13.0. The number of nitrogens with one attached hydrogen (secondary N) is 2. The lowest BCUT2D eigenvalue weighted by Gasteiger charge is -2.17. The minimum atomic E-state index is -0.362. The molecule has 0 saturated heterocycles. The smallest absolute Gasteiger partial charge is 0.287 e. The average Bonchev–Trinajstić information content (AvgIpc) is 3.06. The molecule has 140 valence electrons. The van der Waals surface area contributed by atoms with Crippen molar-refractivity contribution in [2.45, 2.75) is 32.7 Å². The summed E-state index contributed by atoms with van der Waals surface area (Å²) in [6.07, 6.45) is 4.19. The Kier molecular flexibility index (Phi) is 5.49. The molecule has 1 aromatic heterocycles. The number of anilines is 1. The van der Waals surface area contributed by atoms with E-state index in [-0.39, 0.29) is 29.1 Å². The number of imidazole rings is 1. The standard InChI is InChI=1S/C20H22N4O3/c1-3-11-21-20(27)18-23-17(16-6-4-5-12-24(16)18)19(26)22-15-9-7-14(8-10-15)13(2)25/h3,7-10H,1,4-6,11-12H2,2H3,(H,21,27)(H,22,26). The Bertz CT molecular complexity index is 897. The molecule has 2 heterocycles. The molecule has 0 spiro atoms. The molecular formula is C20H22N4O3. The van der Waals surface area contributed by atoms with Crippen molar-refractivity contribution >= 4 is 23.3 Å². The molecule has 7 nitrogen and oxygen atoms in total. The molecule has 0 saturated carbocycles. The topological polar surface area (TPSA) is 93.1 Å². The van der Waals surface area contributed by atoms with Gasteiger partial charge in [-0.3, -0.25) is 14.4 Å². The van der Waals surface area contributed by atoms with Gasteiger partial charge in [-0.05, 0) is 50.5 Å². The maximum absolute atomic E-state index is 12.8. The first-order valence-electron chi connectivity index (χ1n) is 8.92. The zero-order chi connectivity index (χ0) is 19.4. The number of hydrogen-bond acceptors (Lipinski definition) is 4. The fraction of sp³-hybridized carbons (Fsp3) is 0.300.